The summed E-state index contributed by atoms with van der Waals surface area (Å²) in [5, 5.41) is 2.69. The molecular formula is C23H24N2O5S. The molecule has 0 spiro atoms. The van der Waals surface area contributed by atoms with Crippen molar-refractivity contribution >= 4 is 27.3 Å². The molecule has 1 amide bonds. The fourth-order valence-corrected chi connectivity index (χ4v) is 3.83. The van der Waals surface area contributed by atoms with Gasteiger partial charge in [0.25, 0.3) is 15.9 Å². The van der Waals surface area contributed by atoms with Crippen LogP contribution < -0.4 is 19.5 Å². The normalized spacial score (nSPS) is 10.9. The molecule has 162 valence electrons. The first-order chi connectivity index (χ1) is 14.9. The second-order valence-electron chi connectivity index (χ2n) is 6.69. The van der Waals surface area contributed by atoms with E-state index in [0.717, 1.165) is 5.56 Å². The molecule has 0 aliphatic carbocycles. The first-order valence-corrected chi connectivity index (χ1v) is 11.2. The highest BCUT2D eigenvalue weighted by Gasteiger charge is 2.14. The fourth-order valence-electron chi connectivity index (χ4n) is 2.78. The lowest BCUT2D eigenvalue weighted by Crippen LogP contribution is -2.20. The number of anilines is 2. The van der Waals surface area contributed by atoms with Gasteiger partial charge < -0.3 is 14.8 Å². The lowest BCUT2D eigenvalue weighted by atomic mass is 10.2. The highest BCUT2D eigenvalue weighted by molar-refractivity contribution is 7.92. The number of carbonyl (C=O) groups excluding carboxylic acids is 1. The van der Waals surface area contributed by atoms with Gasteiger partial charge in [0.2, 0.25) is 0 Å². The number of carbonyl (C=O) groups is 1. The SMILES string of the molecule is CCOc1ccc(NS(=O)(=O)c2ccc(NC(=O)COc3ccccc3C)cc2)cc1. The summed E-state index contributed by atoms with van der Waals surface area (Å²) in [5.74, 6) is 0.961. The number of nitrogens with one attached hydrogen (secondary N) is 2. The van der Waals surface area contributed by atoms with Gasteiger partial charge in [-0.1, -0.05) is 18.2 Å². The number of ether oxygens (including phenoxy) is 2. The van der Waals surface area contributed by atoms with Crippen LogP contribution in [0, 0.1) is 6.92 Å². The molecule has 2 N–H and O–H groups in total. The highest BCUT2D eigenvalue weighted by Crippen LogP contribution is 2.21. The number of amides is 1. The van der Waals surface area contributed by atoms with Crippen LogP contribution in [-0.2, 0) is 14.8 Å². The molecule has 0 saturated heterocycles. The molecule has 0 saturated carbocycles. The third-order valence-electron chi connectivity index (χ3n) is 4.32. The van der Waals surface area contributed by atoms with Gasteiger partial charge in [-0.3, -0.25) is 9.52 Å². The average molecular weight is 441 g/mol. The van der Waals surface area contributed by atoms with Crippen molar-refractivity contribution < 1.29 is 22.7 Å². The van der Waals surface area contributed by atoms with Crippen LogP contribution in [0.15, 0.2) is 77.7 Å². The van der Waals surface area contributed by atoms with Gasteiger partial charge in [0, 0.05) is 11.4 Å². The van der Waals surface area contributed by atoms with Crippen molar-refractivity contribution in [1.29, 1.82) is 0 Å². The van der Waals surface area contributed by atoms with Gasteiger partial charge in [-0.05, 0) is 74.0 Å². The summed E-state index contributed by atoms with van der Waals surface area (Å²) in [4.78, 5) is 12.2. The first kappa shape index (κ1) is 22.2. The van der Waals surface area contributed by atoms with Crippen molar-refractivity contribution in [1.82, 2.24) is 0 Å². The molecule has 0 atom stereocenters. The van der Waals surface area contributed by atoms with Crippen LogP contribution in [-0.4, -0.2) is 27.5 Å². The van der Waals surface area contributed by atoms with Crippen LogP contribution in [0.3, 0.4) is 0 Å². The molecule has 3 aromatic rings. The smallest absolute Gasteiger partial charge is 0.262 e. The molecule has 0 bridgehead atoms. The standard InChI is InChI=1S/C23H24N2O5S/c1-3-29-20-12-8-19(9-13-20)25-31(27,28)21-14-10-18(11-15-21)24-23(26)16-30-22-7-5-4-6-17(22)2/h4-15,25H,3,16H2,1-2H3,(H,24,26). The van der Waals surface area contributed by atoms with Gasteiger partial charge in [0.05, 0.1) is 11.5 Å². The second-order valence-corrected chi connectivity index (χ2v) is 8.37. The maximum absolute atomic E-state index is 12.6. The molecule has 31 heavy (non-hydrogen) atoms. The lowest BCUT2D eigenvalue weighted by Gasteiger charge is -2.11. The molecule has 0 aliphatic rings. The monoisotopic (exact) mass is 440 g/mol. The molecule has 0 unspecified atom stereocenters. The molecule has 0 radical (unpaired) electrons. The van der Waals surface area contributed by atoms with Gasteiger partial charge in [0.1, 0.15) is 11.5 Å². The lowest BCUT2D eigenvalue weighted by molar-refractivity contribution is -0.118. The minimum absolute atomic E-state index is 0.0792. The Morgan fingerprint density at radius 3 is 2.16 bits per heavy atom. The largest absolute Gasteiger partial charge is 0.494 e. The van der Waals surface area contributed by atoms with Crippen LogP contribution in [0.4, 0.5) is 11.4 Å². The van der Waals surface area contributed by atoms with Crippen LogP contribution in [0.2, 0.25) is 0 Å². The van der Waals surface area contributed by atoms with Crippen LogP contribution >= 0.6 is 0 Å². The quantitative estimate of drug-likeness (QED) is 0.520. The Morgan fingerprint density at radius 1 is 0.871 bits per heavy atom. The maximum atomic E-state index is 12.6. The van der Waals surface area contributed by atoms with E-state index in [1.54, 1.807) is 30.3 Å². The summed E-state index contributed by atoms with van der Waals surface area (Å²) in [6.45, 7) is 4.16. The molecule has 3 aromatic carbocycles. The second kappa shape index (κ2) is 9.99. The summed E-state index contributed by atoms with van der Waals surface area (Å²) in [6, 6.07) is 20.0. The molecule has 0 aromatic heterocycles. The van der Waals surface area contributed by atoms with Crippen molar-refractivity contribution in [3.8, 4) is 11.5 Å². The number of hydrogen-bond acceptors (Lipinski definition) is 5. The number of hydrogen-bond donors (Lipinski definition) is 2. The zero-order valence-electron chi connectivity index (χ0n) is 17.3. The molecule has 3 rings (SSSR count). The predicted molar refractivity (Wildman–Crippen MR) is 120 cm³/mol. The minimum atomic E-state index is -3.76. The van der Waals surface area contributed by atoms with E-state index in [1.165, 1.54) is 24.3 Å². The zero-order chi connectivity index (χ0) is 22.3. The average Bonchev–Trinajstić information content (AvgIpc) is 2.75. The molecule has 7 nitrogen and oxygen atoms in total. The number of sulfonamides is 1. The van der Waals surface area contributed by atoms with Crippen molar-refractivity contribution in [2.75, 3.05) is 23.3 Å². The van der Waals surface area contributed by atoms with Crippen molar-refractivity contribution in [3.63, 3.8) is 0 Å². The topological polar surface area (TPSA) is 93.7 Å². The Hall–Kier alpha value is -3.52. The van der Waals surface area contributed by atoms with Crippen molar-refractivity contribution in [3.05, 3.63) is 78.4 Å². The first-order valence-electron chi connectivity index (χ1n) is 9.71. The number of rotatable bonds is 9. The van der Waals surface area contributed by atoms with E-state index in [9.17, 15) is 13.2 Å². The zero-order valence-corrected chi connectivity index (χ0v) is 18.1. The Balaban J connectivity index is 1.58. The van der Waals surface area contributed by atoms with E-state index in [-0.39, 0.29) is 17.4 Å². The fraction of sp³-hybridized carbons (Fsp3) is 0.174. The summed E-state index contributed by atoms with van der Waals surface area (Å²) in [5.41, 5.74) is 1.83. The highest BCUT2D eigenvalue weighted by atomic mass is 32.2. The van der Waals surface area contributed by atoms with Gasteiger partial charge in [0.15, 0.2) is 6.61 Å². The maximum Gasteiger partial charge on any atom is 0.262 e. The minimum Gasteiger partial charge on any atom is -0.494 e. The van der Waals surface area contributed by atoms with E-state index in [4.69, 9.17) is 9.47 Å². The van der Waals surface area contributed by atoms with E-state index in [1.807, 2.05) is 32.0 Å². The number of aryl methyl sites for hydroxylation is 1. The Kier molecular flexibility index (Phi) is 7.15. The van der Waals surface area contributed by atoms with Crippen LogP contribution in [0.25, 0.3) is 0 Å². The Labute approximate surface area is 182 Å². The van der Waals surface area contributed by atoms with Gasteiger partial charge in [-0.15, -0.1) is 0 Å². The predicted octanol–water partition coefficient (Wildman–Crippen LogP) is 4.21. The summed E-state index contributed by atoms with van der Waals surface area (Å²) >= 11 is 0. The van der Waals surface area contributed by atoms with Crippen molar-refractivity contribution in [2.24, 2.45) is 0 Å². The van der Waals surface area contributed by atoms with E-state index >= 15 is 0 Å². The van der Waals surface area contributed by atoms with E-state index in [2.05, 4.69) is 10.0 Å². The van der Waals surface area contributed by atoms with Gasteiger partial charge in [-0.25, -0.2) is 8.42 Å². The van der Waals surface area contributed by atoms with E-state index < -0.39 is 10.0 Å². The molecule has 0 heterocycles. The van der Waals surface area contributed by atoms with Crippen LogP contribution in [0.1, 0.15) is 12.5 Å². The Bertz CT molecular complexity index is 1130. The third kappa shape index (κ3) is 6.23. The molecule has 0 aliphatic heterocycles. The summed E-state index contributed by atoms with van der Waals surface area (Å²) in [6.07, 6.45) is 0. The molecular weight excluding hydrogens is 416 g/mol. The molecule has 0 fully saturated rings. The molecule has 8 heteroatoms. The number of para-hydroxylation sites is 1. The van der Waals surface area contributed by atoms with Gasteiger partial charge in [-0.2, -0.15) is 0 Å². The number of benzene rings is 3. The van der Waals surface area contributed by atoms with Gasteiger partial charge >= 0.3 is 0 Å². The third-order valence-corrected chi connectivity index (χ3v) is 5.72. The Morgan fingerprint density at radius 2 is 1.52 bits per heavy atom. The summed E-state index contributed by atoms with van der Waals surface area (Å²) < 4.78 is 38.6. The summed E-state index contributed by atoms with van der Waals surface area (Å²) in [7, 11) is -3.76. The van der Waals surface area contributed by atoms with E-state index in [0.29, 0.717) is 29.5 Å². The van der Waals surface area contributed by atoms with Crippen molar-refractivity contribution in [2.45, 2.75) is 18.7 Å². The van der Waals surface area contributed by atoms with Crippen LogP contribution in [0.5, 0.6) is 11.5 Å².